The fourth-order valence-corrected chi connectivity index (χ4v) is 5.34. The fraction of sp³-hybridized carbons (Fsp3) is 0.438. The summed E-state index contributed by atoms with van der Waals surface area (Å²) in [6.45, 7) is 2.27. The molecule has 0 radical (unpaired) electrons. The van der Waals surface area contributed by atoms with Crippen LogP contribution in [0.15, 0.2) is 29.2 Å². The van der Waals surface area contributed by atoms with E-state index in [4.69, 9.17) is 0 Å². The SMILES string of the molecule is CCCc1nnc(NC(=O)C2CCCN2S(=O)(=O)c2ccc(F)cc2)s1. The van der Waals surface area contributed by atoms with Gasteiger partial charge in [0.25, 0.3) is 0 Å². The predicted molar refractivity (Wildman–Crippen MR) is 95.8 cm³/mol. The molecule has 1 fully saturated rings. The van der Waals surface area contributed by atoms with Crippen molar-refractivity contribution in [3.63, 3.8) is 0 Å². The molecule has 7 nitrogen and oxygen atoms in total. The van der Waals surface area contributed by atoms with Crippen molar-refractivity contribution in [2.24, 2.45) is 0 Å². The monoisotopic (exact) mass is 398 g/mol. The summed E-state index contributed by atoms with van der Waals surface area (Å²) in [5, 5.41) is 11.8. The second kappa shape index (κ2) is 7.77. The third kappa shape index (κ3) is 3.92. The summed E-state index contributed by atoms with van der Waals surface area (Å²) in [6.07, 6.45) is 2.71. The number of aromatic nitrogens is 2. The zero-order chi connectivity index (χ0) is 18.7. The smallest absolute Gasteiger partial charge is 0.244 e. The highest BCUT2D eigenvalue weighted by Gasteiger charge is 2.39. The van der Waals surface area contributed by atoms with E-state index in [1.165, 1.54) is 27.8 Å². The van der Waals surface area contributed by atoms with Crippen molar-refractivity contribution in [2.45, 2.75) is 43.5 Å². The fourth-order valence-electron chi connectivity index (χ4n) is 2.84. The molecule has 1 aromatic carbocycles. The third-order valence-corrected chi connectivity index (χ3v) is 6.91. The number of halogens is 1. The molecule has 3 rings (SSSR count). The molecule has 2 aromatic rings. The van der Waals surface area contributed by atoms with Gasteiger partial charge < -0.3 is 0 Å². The number of hydrogen-bond acceptors (Lipinski definition) is 6. The van der Waals surface area contributed by atoms with E-state index in [1.807, 2.05) is 6.92 Å². The maximum Gasteiger partial charge on any atom is 0.244 e. The Morgan fingerprint density at radius 1 is 1.35 bits per heavy atom. The molecule has 1 amide bonds. The first kappa shape index (κ1) is 18.9. The summed E-state index contributed by atoms with van der Waals surface area (Å²) in [5.41, 5.74) is 0. The topological polar surface area (TPSA) is 92.3 Å². The van der Waals surface area contributed by atoms with Crippen molar-refractivity contribution in [1.82, 2.24) is 14.5 Å². The first-order valence-corrected chi connectivity index (χ1v) is 10.6. The zero-order valence-corrected chi connectivity index (χ0v) is 15.8. The number of nitrogens with zero attached hydrogens (tertiary/aromatic N) is 3. The van der Waals surface area contributed by atoms with Crippen LogP contribution in [0.25, 0.3) is 0 Å². The van der Waals surface area contributed by atoms with Crippen molar-refractivity contribution in [2.75, 3.05) is 11.9 Å². The molecule has 140 valence electrons. The Hall–Kier alpha value is -1.91. The average Bonchev–Trinajstić information content (AvgIpc) is 3.25. The number of amides is 1. The van der Waals surface area contributed by atoms with Crippen LogP contribution in [0, 0.1) is 5.82 Å². The molecule has 0 bridgehead atoms. The van der Waals surface area contributed by atoms with Gasteiger partial charge in [-0.1, -0.05) is 18.3 Å². The molecule has 1 aromatic heterocycles. The van der Waals surface area contributed by atoms with E-state index in [9.17, 15) is 17.6 Å². The average molecular weight is 398 g/mol. The first-order chi connectivity index (χ1) is 12.4. The lowest BCUT2D eigenvalue weighted by Gasteiger charge is -2.22. The third-order valence-electron chi connectivity index (χ3n) is 4.09. The van der Waals surface area contributed by atoms with Crippen molar-refractivity contribution in [3.05, 3.63) is 35.1 Å². The van der Waals surface area contributed by atoms with Crippen molar-refractivity contribution in [1.29, 1.82) is 0 Å². The van der Waals surface area contributed by atoms with E-state index < -0.39 is 27.8 Å². The van der Waals surface area contributed by atoms with Crippen LogP contribution in [0.4, 0.5) is 9.52 Å². The van der Waals surface area contributed by atoms with Gasteiger partial charge in [-0.3, -0.25) is 10.1 Å². The number of sulfonamides is 1. The molecule has 1 unspecified atom stereocenters. The van der Waals surface area contributed by atoms with E-state index >= 15 is 0 Å². The van der Waals surface area contributed by atoms with E-state index in [0.29, 0.717) is 18.0 Å². The Balaban J connectivity index is 1.76. The second-order valence-corrected chi connectivity index (χ2v) is 8.92. The van der Waals surface area contributed by atoms with Gasteiger partial charge in [-0.2, -0.15) is 4.31 Å². The molecule has 26 heavy (non-hydrogen) atoms. The van der Waals surface area contributed by atoms with Gasteiger partial charge in [0.1, 0.15) is 16.9 Å². The van der Waals surface area contributed by atoms with Gasteiger partial charge in [0, 0.05) is 13.0 Å². The summed E-state index contributed by atoms with van der Waals surface area (Å²) in [5.74, 6) is -0.939. The quantitative estimate of drug-likeness (QED) is 0.807. The Kier molecular flexibility index (Phi) is 5.64. The molecular weight excluding hydrogens is 379 g/mol. The molecule has 2 heterocycles. The van der Waals surface area contributed by atoms with Crippen LogP contribution < -0.4 is 5.32 Å². The highest BCUT2D eigenvalue weighted by atomic mass is 32.2. The largest absolute Gasteiger partial charge is 0.299 e. The van der Waals surface area contributed by atoms with Crippen LogP contribution in [0.1, 0.15) is 31.2 Å². The van der Waals surface area contributed by atoms with E-state index in [1.54, 1.807) is 0 Å². The number of anilines is 1. The summed E-state index contributed by atoms with van der Waals surface area (Å²) in [6, 6.07) is 3.78. The number of rotatable bonds is 6. The Morgan fingerprint density at radius 3 is 2.77 bits per heavy atom. The van der Waals surface area contributed by atoms with Crippen LogP contribution in [-0.4, -0.2) is 41.4 Å². The molecule has 1 saturated heterocycles. The highest BCUT2D eigenvalue weighted by Crippen LogP contribution is 2.27. The first-order valence-electron chi connectivity index (χ1n) is 8.32. The van der Waals surface area contributed by atoms with E-state index in [-0.39, 0.29) is 11.4 Å². The van der Waals surface area contributed by atoms with Crippen LogP contribution in [0.3, 0.4) is 0 Å². The number of carbonyl (C=O) groups excluding carboxylic acids is 1. The molecule has 1 atom stereocenters. The van der Waals surface area contributed by atoms with Gasteiger partial charge in [0.2, 0.25) is 21.1 Å². The summed E-state index contributed by atoms with van der Waals surface area (Å²) in [4.78, 5) is 12.6. The lowest BCUT2D eigenvalue weighted by atomic mass is 10.2. The van der Waals surface area contributed by atoms with Gasteiger partial charge in [-0.25, -0.2) is 12.8 Å². The molecular formula is C16H19FN4O3S2. The number of carbonyl (C=O) groups is 1. The van der Waals surface area contributed by atoms with E-state index in [2.05, 4.69) is 15.5 Å². The van der Waals surface area contributed by atoms with Crippen LogP contribution in [-0.2, 0) is 21.2 Å². The minimum atomic E-state index is -3.87. The molecule has 1 aliphatic heterocycles. The normalized spacial score (nSPS) is 18.2. The van der Waals surface area contributed by atoms with Gasteiger partial charge in [-0.05, 0) is 43.5 Å². The number of aryl methyl sites for hydroxylation is 1. The number of nitrogens with one attached hydrogen (secondary N) is 1. The minimum Gasteiger partial charge on any atom is -0.299 e. The molecule has 1 N–H and O–H groups in total. The maximum absolute atomic E-state index is 13.1. The van der Waals surface area contributed by atoms with E-state index in [0.717, 1.165) is 30.0 Å². The molecule has 1 aliphatic rings. The van der Waals surface area contributed by atoms with Crippen LogP contribution in [0.5, 0.6) is 0 Å². The summed E-state index contributed by atoms with van der Waals surface area (Å²) >= 11 is 1.29. The summed E-state index contributed by atoms with van der Waals surface area (Å²) in [7, 11) is -3.87. The lowest BCUT2D eigenvalue weighted by molar-refractivity contribution is -0.119. The Labute approximate surface area is 155 Å². The zero-order valence-electron chi connectivity index (χ0n) is 14.2. The maximum atomic E-state index is 13.1. The highest BCUT2D eigenvalue weighted by molar-refractivity contribution is 7.89. The number of hydrogen-bond donors (Lipinski definition) is 1. The van der Waals surface area contributed by atoms with Crippen molar-refractivity contribution < 1.29 is 17.6 Å². The van der Waals surface area contributed by atoms with Gasteiger partial charge in [0.05, 0.1) is 4.90 Å². The molecule has 0 aliphatic carbocycles. The molecule has 10 heteroatoms. The van der Waals surface area contributed by atoms with Gasteiger partial charge >= 0.3 is 0 Å². The van der Waals surface area contributed by atoms with Crippen molar-refractivity contribution >= 4 is 32.4 Å². The molecule has 0 saturated carbocycles. The van der Waals surface area contributed by atoms with Crippen LogP contribution in [0.2, 0.25) is 0 Å². The Bertz CT molecular complexity index is 883. The second-order valence-electron chi connectivity index (χ2n) is 5.97. The van der Waals surface area contributed by atoms with Crippen molar-refractivity contribution in [3.8, 4) is 0 Å². The van der Waals surface area contributed by atoms with Gasteiger partial charge in [-0.15, -0.1) is 10.2 Å². The Morgan fingerprint density at radius 2 is 2.08 bits per heavy atom. The standard InChI is InChI=1S/C16H19FN4O3S2/c1-2-4-14-19-20-16(25-14)18-15(22)13-5-3-10-21(13)26(23,24)12-8-6-11(17)7-9-12/h6-9,13H,2-5,10H2,1H3,(H,18,20,22). The minimum absolute atomic E-state index is 0.0280. The summed E-state index contributed by atoms with van der Waals surface area (Å²) < 4.78 is 39.8. The lowest BCUT2D eigenvalue weighted by Crippen LogP contribution is -2.43. The predicted octanol–water partition coefficient (Wildman–Crippen LogP) is 2.42. The number of benzene rings is 1. The van der Waals surface area contributed by atoms with Gasteiger partial charge in [0.15, 0.2) is 0 Å². The molecule has 0 spiro atoms. The van der Waals surface area contributed by atoms with Crippen LogP contribution >= 0.6 is 11.3 Å².